The number of sulfonamides is 1. The van der Waals surface area contributed by atoms with Crippen LogP contribution in [0.4, 0.5) is 5.69 Å². The first kappa shape index (κ1) is 29.2. The Hall–Kier alpha value is -3.75. The van der Waals surface area contributed by atoms with Gasteiger partial charge in [-0.05, 0) is 60.7 Å². The third-order valence-corrected chi connectivity index (χ3v) is 8.65. The molecule has 1 amide bonds. The third-order valence-electron chi connectivity index (χ3n) is 6.86. The molecular formula is C32H37N3O4S. The molecule has 1 N–H and O–H groups in total. The second-order valence-electron chi connectivity index (χ2n) is 11.0. The molecule has 0 bridgehead atoms. The van der Waals surface area contributed by atoms with Crippen molar-refractivity contribution in [2.75, 3.05) is 24.0 Å². The normalized spacial score (nSPS) is 11.9. The molecule has 40 heavy (non-hydrogen) atoms. The number of aryl methyl sites for hydroxylation is 1. The number of aromatic nitrogens is 1. The maximum absolute atomic E-state index is 14.0. The molecule has 0 aliphatic heterocycles. The Labute approximate surface area is 237 Å². The molecule has 0 unspecified atom stereocenters. The van der Waals surface area contributed by atoms with Crippen molar-refractivity contribution >= 4 is 32.5 Å². The van der Waals surface area contributed by atoms with Crippen molar-refractivity contribution in [1.82, 2.24) is 9.88 Å². The summed E-state index contributed by atoms with van der Waals surface area (Å²) in [7, 11) is -4.06. The van der Waals surface area contributed by atoms with Gasteiger partial charge in [0.2, 0.25) is 5.91 Å². The first-order valence-electron chi connectivity index (χ1n) is 13.4. The number of hydrogen-bond donors (Lipinski definition) is 1. The molecule has 3 aromatic carbocycles. The monoisotopic (exact) mass is 559 g/mol. The van der Waals surface area contributed by atoms with Crippen molar-refractivity contribution in [2.45, 2.75) is 51.0 Å². The molecule has 210 valence electrons. The second-order valence-corrected chi connectivity index (χ2v) is 12.9. The Balaban J connectivity index is 1.66. The lowest BCUT2D eigenvalue weighted by molar-refractivity contribution is -0.130. The Morgan fingerprint density at radius 1 is 0.900 bits per heavy atom. The number of aliphatic hydroxyl groups excluding tert-OH is 1. The maximum atomic E-state index is 14.0. The van der Waals surface area contributed by atoms with E-state index in [9.17, 15) is 18.3 Å². The van der Waals surface area contributed by atoms with Gasteiger partial charge in [0.15, 0.2) is 0 Å². The molecule has 0 atom stereocenters. The van der Waals surface area contributed by atoms with Crippen LogP contribution >= 0.6 is 0 Å². The SMILES string of the molecule is Cc1ccc(N(CC(=O)N(CCCO)Cc2ccc3ccccc3n2)S(=O)(=O)c2ccc(C(C)(C)C)cc2)cc1. The molecule has 0 aliphatic carbocycles. The predicted molar refractivity (Wildman–Crippen MR) is 160 cm³/mol. The minimum atomic E-state index is -4.06. The zero-order chi connectivity index (χ0) is 28.9. The minimum Gasteiger partial charge on any atom is -0.396 e. The van der Waals surface area contributed by atoms with Gasteiger partial charge < -0.3 is 10.0 Å². The summed E-state index contributed by atoms with van der Waals surface area (Å²) in [6, 6.07) is 25.5. The highest BCUT2D eigenvalue weighted by molar-refractivity contribution is 7.92. The molecule has 0 aliphatic rings. The molecule has 0 fully saturated rings. The van der Waals surface area contributed by atoms with E-state index in [-0.39, 0.29) is 42.5 Å². The van der Waals surface area contributed by atoms with Crippen molar-refractivity contribution < 1.29 is 18.3 Å². The van der Waals surface area contributed by atoms with Crippen molar-refractivity contribution in [3.05, 3.63) is 102 Å². The van der Waals surface area contributed by atoms with Crippen LogP contribution < -0.4 is 4.31 Å². The van der Waals surface area contributed by atoms with Crippen LogP contribution in [0, 0.1) is 6.92 Å². The van der Waals surface area contributed by atoms with Crippen LogP contribution in [0.25, 0.3) is 10.9 Å². The number of carbonyl (C=O) groups excluding carboxylic acids is 1. The average Bonchev–Trinajstić information content (AvgIpc) is 2.94. The maximum Gasteiger partial charge on any atom is 0.264 e. The van der Waals surface area contributed by atoms with Crippen molar-refractivity contribution in [3.8, 4) is 0 Å². The quantitative estimate of drug-likeness (QED) is 0.279. The number of rotatable bonds is 10. The summed E-state index contributed by atoms with van der Waals surface area (Å²) in [4.78, 5) is 20.1. The molecule has 0 spiro atoms. The van der Waals surface area contributed by atoms with Gasteiger partial charge in [0.1, 0.15) is 6.54 Å². The number of nitrogens with zero attached hydrogens (tertiary/aromatic N) is 3. The molecule has 1 aromatic heterocycles. The summed E-state index contributed by atoms with van der Waals surface area (Å²) in [5.41, 5.74) is 3.78. The number of hydrogen-bond acceptors (Lipinski definition) is 5. The van der Waals surface area contributed by atoms with E-state index in [1.54, 1.807) is 29.2 Å². The minimum absolute atomic E-state index is 0.0883. The van der Waals surface area contributed by atoms with E-state index in [0.29, 0.717) is 17.8 Å². The fourth-order valence-corrected chi connectivity index (χ4v) is 5.86. The summed E-state index contributed by atoms with van der Waals surface area (Å²) < 4.78 is 29.1. The number of benzene rings is 3. The van der Waals surface area contributed by atoms with Crippen LogP contribution in [-0.2, 0) is 26.8 Å². The van der Waals surface area contributed by atoms with Crippen LogP contribution in [0.1, 0.15) is 44.0 Å². The number of aliphatic hydroxyl groups is 1. The lowest BCUT2D eigenvalue weighted by Gasteiger charge is -2.29. The summed E-state index contributed by atoms with van der Waals surface area (Å²) in [6.45, 7) is 8.13. The summed E-state index contributed by atoms with van der Waals surface area (Å²) in [5.74, 6) is -0.376. The zero-order valence-corrected chi connectivity index (χ0v) is 24.4. The molecule has 4 aromatic rings. The van der Waals surface area contributed by atoms with Gasteiger partial charge in [-0.3, -0.25) is 14.1 Å². The third kappa shape index (κ3) is 6.87. The Bertz CT molecular complexity index is 1560. The molecule has 0 saturated carbocycles. The van der Waals surface area contributed by atoms with Gasteiger partial charge >= 0.3 is 0 Å². The Morgan fingerprint density at radius 2 is 1.57 bits per heavy atom. The first-order chi connectivity index (χ1) is 19.0. The Kier molecular flexibility index (Phi) is 8.91. The van der Waals surface area contributed by atoms with Gasteiger partial charge in [0, 0.05) is 18.5 Å². The lowest BCUT2D eigenvalue weighted by atomic mass is 9.87. The fraction of sp³-hybridized carbons (Fsp3) is 0.312. The number of carbonyl (C=O) groups is 1. The lowest BCUT2D eigenvalue weighted by Crippen LogP contribution is -2.43. The van der Waals surface area contributed by atoms with Gasteiger partial charge in [0.05, 0.1) is 28.3 Å². The van der Waals surface area contributed by atoms with Gasteiger partial charge in [-0.1, -0.05) is 74.9 Å². The Morgan fingerprint density at radius 3 is 2.23 bits per heavy atom. The van der Waals surface area contributed by atoms with Gasteiger partial charge in [-0.25, -0.2) is 8.42 Å². The van der Waals surface area contributed by atoms with Crippen molar-refractivity contribution in [2.24, 2.45) is 0 Å². The van der Waals surface area contributed by atoms with Crippen LogP contribution in [0.3, 0.4) is 0 Å². The van der Waals surface area contributed by atoms with E-state index in [2.05, 4.69) is 25.8 Å². The molecule has 0 saturated heterocycles. The summed E-state index contributed by atoms with van der Waals surface area (Å²) in [6.07, 6.45) is 0.366. The first-order valence-corrected chi connectivity index (χ1v) is 14.9. The summed E-state index contributed by atoms with van der Waals surface area (Å²) >= 11 is 0. The number of fused-ring (bicyclic) bond motifs is 1. The number of anilines is 1. The molecule has 4 rings (SSSR count). The van der Waals surface area contributed by atoms with Gasteiger partial charge in [-0.2, -0.15) is 0 Å². The van der Waals surface area contributed by atoms with Gasteiger partial charge in [0.25, 0.3) is 10.0 Å². The highest BCUT2D eigenvalue weighted by Crippen LogP contribution is 2.28. The summed E-state index contributed by atoms with van der Waals surface area (Å²) in [5, 5.41) is 10.5. The molecular weight excluding hydrogens is 522 g/mol. The number of pyridine rings is 1. The van der Waals surface area contributed by atoms with Crippen LogP contribution in [0.5, 0.6) is 0 Å². The van der Waals surface area contributed by atoms with E-state index >= 15 is 0 Å². The smallest absolute Gasteiger partial charge is 0.264 e. The van der Waals surface area contributed by atoms with E-state index < -0.39 is 10.0 Å². The predicted octanol–water partition coefficient (Wildman–Crippen LogP) is 5.45. The van der Waals surface area contributed by atoms with Crippen LogP contribution in [0.2, 0.25) is 0 Å². The highest BCUT2D eigenvalue weighted by Gasteiger charge is 2.29. The average molecular weight is 560 g/mol. The van der Waals surface area contributed by atoms with Crippen molar-refractivity contribution in [3.63, 3.8) is 0 Å². The topological polar surface area (TPSA) is 90.8 Å². The second kappa shape index (κ2) is 12.2. The zero-order valence-electron chi connectivity index (χ0n) is 23.5. The highest BCUT2D eigenvalue weighted by atomic mass is 32.2. The number of para-hydroxylation sites is 1. The number of amides is 1. The standard InChI is InChI=1S/C32H37N3O4S/c1-24-10-16-28(17-11-24)35(40(38,39)29-18-13-26(14-19-29)32(2,3)4)23-31(37)34(20-7-21-36)22-27-15-12-25-8-5-6-9-30(25)33-27/h5-6,8-19,36H,7,20-23H2,1-4H3. The molecule has 1 heterocycles. The van der Waals surface area contributed by atoms with E-state index in [1.165, 1.54) is 4.31 Å². The molecule has 0 radical (unpaired) electrons. The van der Waals surface area contributed by atoms with E-state index in [4.69, 9.17) is 0 Å². The van der Waals surface area contributed by atoms with E-state index in [0.717, 1.165) is 22.0 Å². The van der Waals surface area contributed by atoms with Crippen LogP contribution in [0.15, 0.2) is 89.8 Å². The van der Waals surface area contributed by atoms with Crippen molar-refractivity contribution in [1.29, 1.82) is 0 Å². The van der Waals surface area contributed by atoms with Crippen LogP contribution in [-0.4, -0.2) is 49.0 Å². The van der Waals surface area contributed by atoms with Gasteiger partial charge in [-0.15, -0.1) is 0 Å². The fourth-order valence-electron chi connectivity index (χ4n) is 4.45. The molecule has 8 heteroatoms. The molecule has 7 nitrogen and oxygen atoms in total. The largest absolute Gasteiger partial charge is 0.396 e. The van der Waals surface area contributed by atoms with E-state index in [1.807, 2.05) is 67.6 Å².